The zero-order valence-corrected chi connectivity index (χ0v) is 14.5. The number of halogens is 3. The first-order valence-corrected chi connectivity index (χ1v) is 9.01. The van der Waals surface area contributed by atoms with E-state index in [1.165, 1.54) is 24.3 Å². The van der Waals surface area contributed by atoms with Crippen molar-refractivity contribution >= 4 is 23.4 Å². The lowest BCUT2D eigenvalue weighted by atomic mass is 10.0. The van der Waals surface area contributed by atoms with Crippen molar-refractivity contribution in [3.8, 4) is 5.75 Å². The summed E-state index contributed by atoms with van der Waals surface area (Å²) in [6.07, 6.45) is -2.52. The Morgan fingerprint density at radius 3 is 2.76 bits per heavy atom. The number of thioether (sulfide) groups is 1. The molecule has 1 unspecified atom stereocenters. The predicted molar refractivity (Wildman–Crippen MR) is 93.6 cm³/mol. The lowest BCUT2D eigenvalue weighted by molar-refractivity contribution is -0.274. The highest BCUT2D eigenvalue weighted by molar-refractivity contribution is 8.02. The van der Waals surface area contributed by atoms with E-state index < -0.39 is 6.36 Å². The van der Waals surface area contributed by atoms with Crippen LogP contribution in [0, 0.1) is 5.92 Å². The van der Waals surface area contributed by atoms with Gasteiger partial charge in [-0.05, 0) is 55.0 Å². The largest absolute Gasteiger partial charge is 0.573 e. The Balaban J connectivity index is 1.80. The van der Waals surface area contributed by atoms with Crippen LogP contribution in [0.3, 0.4) is 0 Å². The number of alkyl halides is 3. The van der Waals surface area contributed by atoms with Crippen LogP contribution in [0.4, 0.5) is 18.9 Å². The van der Waals surface area contributed by atoms with Gasteiger partial charge >= 0.3 is 6.36 Å². The number of rotatable bonds is 7. The summed E-state index contributed by atoms with van der Waals surface area (Å²) in [4.78, 5) is 14.2. The van der Waals surface area contributed by atoms with Crippen LogP contribution in [0.15, 0.2) is 36.3 Å². The number of carbonyl (C=O) groups excluding carboxylic acids is 1. The first kappa shape index (κ1) is 19.7. The number of amides is 1. The fraction of sp³-hybridized carbons (Fsp3) is 0.471. The monoisotopic (exact) mass is 374 g/mol. The molecule has 1 heterocycles. The zero-order chi connectivity index (χ0) is 18.3. The van der Waals surface area contributed by atoms with E-state index in [1.54, 1.807) is 11.8 Å². The van der Waals surface area contributed by atoms with Gasteiger partial charge in [0.2, 0.25) is 5.91 Å². The van der Waals surface area contributed by atoms with Crippen molar-refractivity contribution in [2.24, 2.45) is 5.92 Å². The van der Waals surface area contributed by atoms with E-state index in [2.05, 4.69) is 21.5 Å². The fourth-order valence-electron chi connectivity index (χ4n) is 2.78. The standard InChI is InChI=1S/C17H21F3N2O2S/c1-2-25-12-13-4-3-9-22(10-13)11-16(23)21-14-5-7-15(8-6-14)24-17(18,19)20/h2,5-8,13H,1,3-4,9-12H2,(H,21,23). The number of carbonyl (C=O) groups is 1. The average molecular weight is 374 g/mol. The number of hydrogen-bond acceptors (Lipinski definition) is 4. The van der Waals surface area contributed by atoms with E-state index >= 15 is 0 Å². The maximum absolute atomic E-state index is 12.1. The molecule has 25 heavy (non-hydrogen) atoms. The number of nitrogens with one attached hydrogen (secondary N) is 1. The minimum Gasteiger partial charge on any atom is -0.406 e. The molecule has 0 spiro atoms. The molecule has 1 atom stereocenters. The van der Waals surface area contributed by atoms with Gasteiger partial charge in [-0.1, -0.05) is 6.58 Å². The average Bonchev–Trinajstić information content (AvgIpc) is 2.54. The van der Waals surface area contributed by atoms with Crippen molar-refractivity contribution in [1.29, 1.82) is 0 Å². The first-order valence-electron chi connectivity index (χ1n) is 7.96. The molecule has 1 aromatic carbocycles. The third-order valence-electron chi connectivity index (χ3n) is 3.79. The van der Waals surface area contributed by atoms with Gasteiger partial charge in [0, 0.05) is 18.0 Å². The molecular weight excluding hydrogens is 353 g/mol. The molecule has 138 valence electrons. The van der Waals surface area contributed by atoms with E-state index in [0.29, 0.717) is 11.6 Å². The van der Waals surface area contributed by atoms with Crippen molar-refractivity contribution in [1.82, 2.24) is 4.90 Å². The molecule has 0 saturated carbocycles. The van der Waals surface area contributed by atoms with Crippen LogP contribution in [0.2, 0.25) is 0 Å². The molecule has 1 amide bonds. The smallest absolute Gasteiger partial charge is 0.406 e. The van der Waals surface area contributed by atoms with E-state index in [9.17, 15) is 18.0 Å². The van der Waals surface area contributed by atoms with Gasteiger partial charge in [0.1, 0.15) is 5.75 Å². The van der Waals surface area contributed by atoms with Gasteiger partial charge in [-0.3, -0.25) is 9.69 Å². The summed E-state index contributed by atoms with van der Waals surface area (Å²) in [6, 6.07) is 5.12. The maximum atomic E-state index is 12.1. The Morgan fingerprint density at radius 1 is 1.40 bits per heavy atom. The molecule has 2 rings (SSSR count). The minimum atomic E-state index is -4.72. The van der Waals surface area contributed by atoms with Crippen LogP contribution < -0.4 is 10.1 Å². The number of benzene rings is 1. The highest BCUT2D eigenvalue weighted by Crippen LogP contribution is 2.24. The van der Waals surface area contributed by atoms with Gasteiger partial charge in [-0.15, -0.1) is 24.9 Å². The second-order valence-corrected chi connectivity index (χ2v) is 6.86. The molecule has 1 saturated heterocycles. The lowest BCUT2D eigenvalue weighted by Crippen LogP contribution is -2.41. The molecule has 0 bridgehead atoms. The number of likely N-dealkylation sites (tertiary alicyclic amines) is 1. The lowest BCUT2D eigenvalue weighted by Gasteiger charge is -2.31. The highest BCUT2D eigenvalue weighted by atomic mass is 32.2. The molecule has 1 aliphatic heterocycles. The molecule has 0 aromatic heterocycles. The summed E-state index contributed by atoms with van der Waals surface area (Å²) in [7, 11) is 0. The summed E-state index contributed by atoms with van der Waals surface area (Å²) in [5.41, 5.74) is 0.440. The molecule has 1 aliphatic rings. The van der Waals surface area contributed by atoms with Crippen molar-refractivity contribution in [3.63, 3.8) is 0 Å². The van der Waals surface area contributed by atoms with E-state index in [-0.39, 0.29) is 18.2 Å². The predicted octanol–water partition coefficient (Wildman–Crippen LogP) is 4.11. The summed E-state index contributed by atoms with van der Waals surface area (Å²) >= 11 is 1.69. The van der Waals surface area contributed by atoms with Gasteiger partial charge in [-0.25, -0.2) is 0 Å². The topological polar surface area (TPSA) is 41.6 Å². The van der Waals surface area contributed by atoms with Crippen molar-refractivity contribution < 1.29 is 22.7 Å². The molecule has 8 heteroatoms. The molecule has 1 fully saturated rings. The number of nitrogens with zero attached hydrogens (tertiary/aromatic N) is 1. The van der Waals surface area contributed by atoms with Crippen LogP contribution >= 0.6 is 11.8 Å². The van der Waals surface area contributed by atoms with Gasteiger partial charge < -0.3 is 10.1 Å². The SMILES string of the molecule is C=CSCC1CCCN(CC(=O)Nc2ccc(OC(F)(F)F)cc2)C1. The van der Waals surface area contributed by atoms with E-state index in [0.717, 1.165) is 31.7 Å². The molecule has 4 nitrogen and oxygen atoms in total. The van der Waals surface area contributed by atoms with E-state index in [4.69, 9.17) is 0 Å². The van der Waals surface area contributed by atoms with Crippen molar-refractivity contribution in [2.45, 2.75) is 19.2 Å². The zero-order valence-electron chi connectivity index (χ0n) is 13.7. The summed E-state index contributed by atoms with van der Waals surface area (Å²) in [5, 5.41) is 4.53. The Bertz CT molecular complexity index is 578. The Morgan fingerprint density at radius 2 is 2.12 bits per heavy atom. The fourth-order valence-corrected chi connectivity index (χ4v) is 3.46. The van der Waals surface area contributed by atoms with Crippen molar-refractivity contribution in [3.05, 3.63) is 36.3 Å². The number of ether oxygens (including phenoxy) is 1. The number of piperidine rings is 1. The van der Waals surface area contributed by atoms with Crippen LogP contribution in [0.25, 0.3) is 0 Å². The maximum Gasteiger partial charge on any atom is 0.573 e. The van der Waals surface area contributed by atoms with Crippen LogP contribution in [-0.2, 0) is 4.79 Å². The molecule has 1 aromatic rings. The molecule has 0 radical (unpaired) electrons. The van der Waals surface area contributed by atoms with Crippen molar-refractivity contribution in [2.75, 3.05) is 30.7 Å². The third kappa shape index (κ3) is 7.39. The van der Waals surface area contributed by atoms with Gasteiger partial charge in [-0.2, -0.15) is 0 Å². The molecule has 1 N–H and O–H groups in total. The Hall–Kier alpha value is -1.67. The normalized spacial score (nSPS) is 18.6. The Kier molecular flexibility index (Phi) is 7.19. The number of hydrogen-bond donors (Lipinski definition) is 1. The van der Waals surface area contributed by atoms with Gasteiger partial charge in [0.15, 0.2) is 0 Å². The second-order valence-electron chi connectivity index (χ2n) is 5.86. The van der Waals surface area contributed by atoms with Gasteiger partial charge in [0.25, 0.3) is 0 Å². The molecule has 0 aliphatic carbocycles. The summed E-state index contributed by atoms with van der Waals surface area (Å²) in [5.74, 6) is 1.05. The molecular formula is C17H21F3N2O2S. The van der Waals surface area contributed by atoms with E-state index in [1.807, 2.05) is 5.41 Å². The van der Waals surface area contributed by atoms with Crippen LogP contribution in [-0.4, -0.2) is 42.6 Å². The van der Waals surface area contributed by atoms with Crippen LogP contribution in [0.1, 0.15) is 12.8 Å². The van der Waals surface area contributed by atoms with Crippen LogP contribution in [0.5, 0.6) is 5.75 Å². The first-order chi connectivity index (χ1) is 11.9. The third-order valence-corrected chi connectivity index (χ3v) is 4.69. The number of anilines is 1. The Labute approximate surface area is 149 Å². The highest BCUT2D eigenvalue weighted by Gasteiger charge is 2.31. The summed E-state index contributed by atoms with van der Waals surface area (Å²) in [6.45, 7) is 5.72. The quantitative estimate of drug-likeness (QED) is 0.780. The minimum absolute atomic E-state index is 0.179. The summed E-state index contributed by atoms with van der Waals surface area (Å²) < 4.78 is 40.1. The van der Waals surface area contributed by atoms with Gasteiger partial charge in [0.05, 0.1) is 6.54 Å². The second kappa shape index (κ2) is 9.15.